The van der Waals surface area contributed by atoms with Gasteiger partial charge in [0, 0.05) is 19.5 Å². The molecule has 0 saturated heterocycles. The van der Waals surface area contributed by atoms with Crippen LogP contribution in [0.2, 0.25) is 0 Å². The number of benzene rings is 2. The van der Waals surface area contributed by atoms with E-state index in [4.69, 9.17) is 0 Å². The molecule has 2 aromatic carbocycles. The molecular formula is C22H21N5O4. The van der Waals surface area contributed by atoms with Gasteiger partial charge < -0.3 is 16.0 Å². The molecule has 1 aliphatic heterocycles. The molecule has 0 aliphatic carbocycles. The summed E-state index contributed by atoms with van der Waals surface area (Å²) in [6.07, 6.45) is 1.67. The maximum absolute atomic E-state index is 12.5. The minimum atomic E-state index is -0.807. The van der Waals surface area contributed by atoms with Gasteiger partial charge in [0.2, 0.25) is 11.8 Å². The van der Waals surface area contributed by atoms with Crippen molar-refractivity contribution in [1.29, 1.82) is 0 Å². The number of nitrogens with one attached hydrogen (secondary N) is 3. The smallest absolute Gasteiger partial charge is 0.261 e. The Morgan fingerprint density at radius 1 is 1.06 bits per heavy atom. The number of aromatic nitrogens is 2. The largest absolute Gasteiger partial charge is 0.354 e. The Morgan fingerprint density at radius 2 is 1.84 bits per heavy atom. The average Bonchev–Trinajstić information content (AvgIpc) is 2.90. The number of amides is 3. The third kappa shape index (κ3) is 4.45. The summed E-state index contributed by atoms with van der Waals surface area (Å²) in [6, 6.07) is 13.0. The van der Waals surface area contributed by atoms with Crippen LogP contribution in [0, 0.1) is 0 Å². The maximum Gasteiger partial charge on any atom is 0.261 e. The molecule has 0 radical (unpaired) electrons. The van der Waals surface area contributed by atoms with Crippen LogP contribution in [0.3, 0.4) is 0 Å². The van der Waals surface area contributed by atoms with E-state index >= 15 is 0 Å². The molecule has 1 aromatic heterocycles. The zero-order chi connectivity index (χ0) is 21.8. The van der Waals surface area contributed by atoms with E-state index in [1.807, 2.05) is 6.07 Å². The van der Waals surface area contributed by atoms with Gasteiger partial charge in [0.25, 0.3) is 11.5 Å². The van der Waals surface area contributed by atoms with Gasteiger partial charge >= 0.3 is 0 Å². The maximum atomic E-state index is 12.5. The van der Waals surface area contributed by atoms with Crippen LogP contribution in [0.15, 0.2) is 59.7 Å². The van der Waals surface area contributed by atoms with E-state index in [0.29, 0.717) is 22.2 Å². The lowest BCUT2D eigenvalue weighted by atomic mass is 10.1. The normalized spacial score (nSPS) is 15.5. The minimum Gasteiger partial charge on any atom is -0.354 e. The van der Waals surface area contributed by atoms with Crippen LogP contribution in [-0.2, 0) is 16.1 Å². The molecule has 2 heterocycles. The van der Waals surface area contributed by atoms with Crippen molar-refractivity contribution in [2.24, 2.45) is 0 Å². The monoisotopic (exact) mass is 419 g/mol. The summed E-state index contributed by atoms with van der Waals surface area (Å²) in [5, 5.41) is 8.63. The second kappa shape index (κ2) is 8.78. The Morgan fingerprint density at radius 3 is 2.71 bits per heavy atom. The summed E-state index contributed by atoms with van der Waals surface area (Å²) in [7, 11) is 0. The fourth-order valence-electron chi connectivity index (χ4n) is 3.46. The molecule has 31 heavy (non-hydrogen) atoms. The van der Waals surface area contributed by atoms with Crippen molar-refractivity contribution >= 4 is 34.3 Å². The van der Waals surface area contributed by atoms with E-state index in [9.17, 15) is 19.2 Å². The molecule has 1 atom stereocenters. The predicted octanol–water partition coefficient (Wildman–Crippen LogP) is 1.04. The Kier molecular flexibility index (Phi) is 5.74. The number of fused-ring (bicyclic) bond motifs is 2. The number of rotatable bonds is 6. The van der Waals surface area contributed by atoms with Gasteiger partial charge in [0.1, 0.15) is 6.04 Å². The fourth-order valence-corrected chi connectivity index (χ4v) is 3.46. The highest BCUT2D eigenvalue weighted by Gasteiger charge is 2.27. The fraction of sp³-hybridized carbons (Fsp3) is 0.227. The molecule has 0 fully saturated rings. The standard InChI is InChI=1S/C22H21N5O4/c28-19(23-11-12-27-13-24-16-7-3-2-6-15(16)22(27)31)10-9-18-21(30)25-17-8-4-1-5-14(17)20(29)26-18/h1-8,13,18H,9-12H2,(H,23,28)(H,25,30)(H,26,29)/t18-/m0/s1. The van der Waals surface area contributed by atoms with E-state index in [2.05, 4.69) is 20.9 Å². The summed E-state index contributed by atoms with van der Waals surface area (Å²) < 4.78 is 1.44. The first-order valence-corrected chi connectivity index (χ1v) is 9.94. The van der Waals surface area contributed by atoms with Gasteiger partial charge in [0.15, 0.2) is 0 Å². The third-order valence-corrected chi connectivity index (χ3v) is 5.12. The van der Waals surface area contributed by atoms with Crippen molar-refractivity contribution in [2.75, 3.05) is 11.9 Å². The highest BCUT2D eigenvalue weighted by molar-refractivity contribution is 6.09. The molecule has 9 heteroatoms. The van der Waals surface area contributed by atoms with E-state index in [0.717, 1.165) is 0 Å². The topological polar surface area (TPSA) is 122 Å². The molecule has 1 aliphatic rings. The summed E-state index contributed by atoms with van der Waals surface area (Å²) in [5.41, 5.74) is 1.29. The van der Waals surface area contributed by atoms with Gasteiger partial charge in [-0.2, -0.15) is 0 Å². The first kappa shape index (κ1) is 20.3. The lowest BCUT2D eigenvalue weighted by Gasteiger charge is -2.14. The lowest BCUT2D eigenvalue weighted by molar-refractivity contribution is -0.121. The molecule has 0 bridgehead atoms. The Hall–Kier alpha value is -4.01. The molecule has 3 N–H and O–H groups in total. The van der Waals surface area contributed by atoms with Crippen LogP contribution >= 0.6 is 0 Å². The third-order valence-electron chi connectivity index (χ3n) is 5.12. The second-order valence-electron chi connectivity index (χ2n) is 7.21. The van der Waals surface area contributed by atoms with E-state index in [1.165, 1.54) is 10.9 Å². The Labute approximate surface area is 177 Å². The quantitative estimate of drug-likeness (QED) is 0.551. The molecular weight excluding hydrogens is 398 g/mol. The first-order chi connectivity index (χ1) is 15.0. The Bertz CT molecular complexity index is 1220. The van der Waals surface area contributed by atoms with Crippen molar-refractivity contribution in [2.45, 2.75) is 25.4 Å². The van der Waals surface area contributed by atoms with Crippen LogP contribution in [0.25, 0.3) is 10.9 Å². The molecule has 158 valence electrons. The number of hydrogen-bond acceptors (Lipinski definition) is 5. The van der Waals surface area contributed by atoms with Crippen LogP contribution in [0.5, 0.6) is 0 Å². The van der Waals surface area contributed by atoms with Crippen molar-refractivity contribution in [3.63, 3.8) is 0 Å². The number of para-hydroxylation sites is 2. The zero-order valence-electron chi connectivity index (χ0n) is 16.6. The summed E-state index contributed by atoms with van der Waals surface area (Å²) in [4.78, 5) is 53.6. The minimum absolute atomic E-state index is 0.0551. The zero-order valence-corrected chi connectivity index (χ0v) is 16.6. The summed E-state index contributed by atoms with van der Waals surface area (Å²) in [6.45, 7) is 0.520. The highest BCUT2D eigenvalue weighted by atomic mass is 16.2. The van der Waals surface area contributed by atoms with E-state index < -0.39 is 6.04 Å². The molecule has 0 unspecified atom stereocenters. The van der Waals surface area contributed by atoms with Crippen LogP contribution < -0.4 is 21.5 Å². The number of carbonyl (C=O) groups is 3. The van der Waals surface area contributed by atoms with Gasteiger partial charge in [0.05, 0.1) is 28.5 Å². The predicted molar refractivity (Wildman–Crippen MR) is 115 cm³/mol. The molecule has 3 amide bonds. The summed E-state index contributed by atoms with van der Waals surface area (Å²) >= 11 is 0. The van der Waals surface area contributed by atoms with Crippen molar-refractivity contribution in [3.05, 3.63) is 70.8 Å². The molecule has 0 spiro atoms. The van der Waals surface area contributed by atoms with Crippen LogP contribution in [0.1, 0.15) is 23.2 Å². The Balaban J connectivity index is 1.29. The van der Waals surface area contributed by atoms with Crippen molar-refractivity contribution < 1.29 is 14.4 Å². The number of hydrogen-bond donors (Lipinski definition) is 3. The molecule has 9 nitrogen and oxygen atoms in total. The number of anilines is 1. The first-order valence-electron chi connectivity index (χ1n) is 9.94. The van der Waals surface area contributed by atoms with E-state index in [-0.39, 0.29) is 49.2 Å². The number of carbonyl (C=O) groups excluding carboxylic acids is 3. The SMILES string of the molecule is O=C(CC[C@@H]1NC(=O)c2ccccc2NC1=O)NCCn1cnc2ccccc2c1=O. The second-order valence-corrected chi connectivity index (χ2v) is 7.21. The van der Waals surface area contributed by atoms with Gasteiger partial charge in [-0.25, -0.2) is 4.98 Å². The van der Waals surface area contributed by atoms with Gasteiger partial charge in [-0.05, 0) is 30.7 Å². The van der Waals surface area contributed by atoms with Crippen molar-refractivity contribution in [1.82, 2.24) is 20.2 Å². The van der Waals surface area contributed by atoms with Crippen LogP contribution in [0.4, 0.5) is 5.69 Å². The van der Waals surface area contributed by atoms with Crippen LogP contribution in [-0.4, -0.2) is 39.9 Å². The highest BCUT2D eigenvalue weighted by Crippen LogP contribution is 2.19. The van der Waals surface area contributed by atoms with Gasteiger partial charge in [-0.1, -0.05) is 24.3 Å². The molecule has 4 rings (SSSR count). The summed E-state index contributed by atoms with van der Waals surface area (Å²) in [5.74, 6) is -0.993. The van der Waals surface area contributed by atoms with Crippen molar-refractivity contribution in [3.8, 4) is 0 Å². The number of nitrogens with zero attached hydrogens (tertiary/aromatic N) is 2. The van der Waals surface area contributed by atoms with E-state index in [1.54, 1.807) is 42.5 Å². The van der Waals surface area contributed by atoms with Gasteiger partial charge in [-0.15, -0.1) is 0 Å². The average molecular weight is 419 g/mol. The molecule has 3 aromatic rings. The van der Waals surface area contributed by atoms with Gasteiger partial charge in [-0.3, -0.25) is 23.7 Å². The molecule has 0 saturated carbocycles. The lowest BCUT2D eigenvalue weighted by Crippen LogP contribution is -2.42.